The summed E-state index contributed by atoms with van der Waals surface area (Å²) >= 11 is 0. The van der Waals surface area contributed by atoms with Crippen LogP contribution in [0.25, 0.3) is 0 Å². The van der Waals surface area contributed by atoms with E-state index in [4.69, 9.17) is 4.74 Å². The van der Waals surface area contributed by atoms with Crippen LogP contribution in [0.1, 0.15) is 31.9 Å². The maximum Gasteiger partial charge on any atom is 0.224 e. The molecule has 0 saturated carbocycles. The number of anilines is 1. The predicted molar refractivity (Wildman–Crippen MR) is 103 cm³/mol. The Bertz CT molecular complexity index is 748. The number of benzene rings is 1. The molecule has 1 amide bonds. The van der Waals surface area contributed by atoms with Crippen LogP contribution in [0.3, 0.4) is 0 Å². The standard InChI is InChI=1S/C21H26FN3O2/c1-15(16-5-4-9-23-13-16)11-21(26)25-17-7-8-20(19(22)12-17)27-14-18-6-2-3-10-24-18/h2-3,6-8,10,12,15-16,23H,4-5,9,11,13-14H2,1H3,(H,25,26). The second kappa shape index (κ2) is 9.46. The zero-order chi connectivity index (χ0) is 19.1. The molecule has 3 rings (SSSR count). The topological polar surface area (TPSA) is 63.2 Å². The van der Waals surface area contributed by atoms with E-state index in [-0.39, 0.29) is 18.3 Å². The number of aromatic nitrogens is 1. The summed E-state index contributed by atoms with van der Waals surface area (Å²) in [7, 11) is 0. The van der Waals surface area contributed by atoms with Gasteiger partial charge in [-0.3, -0.25) is 9.78 Å². The fourth-order valence-corrected chi connectivity index (χ4v) is 3.37. The van der Waals surface area contributed by atoms with Gasteiger partial charge >= 0.3 is 0 Å². The van der Waals surface area contributed by atoms with Gasteiger partial charge in [0.25, 0.3) is 0 Å². The fraction of sp³-hybridized carbons (Fsp3) is 0.429. The molecule has 2 aromatic rings. The second-order valence-electron chi connectivity index (χ2n) is 7.09. The Labute approximate surface area is 159 Å². The fourth-order valence-electron chi connectivity index (χ4n) is 3.37. The van der Waals surface area contributed by atoms with Crippen molar-refractivity contribution >= 4 is 11.6 Å². The van der Waals surface area contributed by atoms with Crippen molar-refractivity contribution in [2.45, 2.75) is 32.8 Å². The highest BCUT2D eigenvalue weighted by molar-refractivity contribution is 5.90. The lowest BCUT2D eigenvalue weighted by Gasteiger charge is -2.28. The minimum atomic E-state index is -0.506. The lowest BCUT2D eigenvalue weighted by atomic mass is 9.85. The van der Waals surface area contributed by atoms with Crippen molar-refractivity contribution in [3.05, 3.63) is 54.1 Å². The molecule has 1 aromatic carbocycles. The quantitative estimate of drug-likeness (QED) is 0.778. The van der Waals surface area contributed by atoms with Crippen molar-refractivity contribution in [1.82, 2.24) is 10.3 Å². The van der Waals surface area contributed by atoms with Crippen molar-refractivity contribution < 1.29 is 13.9 Å². The summed E-state index contributed by atoms with van der Waals surface area (Å²) in [5.74, 6) is 0.357. The van der Waals surface area contributed by atoms with Gasteiger partial charge in [-0.1, -0.05) is 13.0 Å². The highest BCUT2D eigenvalue weighted by Crippen LogP contribution is 2.25. The number of nitrogens with one attached hydrogen (secondary N) is 2. The van der Waals surface area contributed by atoms with Gasteiger partial charge in [-0.25, -0.2) is 4.39 Å². The molecule has 6 heteroatoms. The molecule has 144 valence electrons. The molecule has 1 fully saturated rings. The van der Waals surface area contributed by atoms with Crippen LogP contribution in [0.2, 0.25) is 0 Å². The van der Waals surface area contributed by atoms with Crippen LogP contribution in [0.5, 0.6) is 5.75 Å². The van der Waals surface area contributed by atoms with E-state index in [1.54, 1.807) is 12.3 Å². The van der Waals surface area contributed by atoms with Crippen LogP contribution in [-0.2, 0) is 11.4 Å². The van der Waals surface area contributed by atoms with E-state index in [1.807, 2.05) is 18.2 Å². The van der Waals surface area contributed by atoms with Crippen molar-refractivity contribution in [1.29, 1.82) is 0 Å². The van der Waals surface area contributed by atoms with Gasteiger partial charge in [0.1, 0.15) is 6.61 Å². The van der Waals surface area contributed by atoms with Gasteiger partial charge in [-0.2, -0.15) is 0 Å². The van der Waals surface area contributed by atoms with E-state index in [2.05, 4.69) is 22.5 Å². The normalized spacial score (nSPS) is 17.9. The van der Waals surface area contributed by atoms with Crippen LogP contribution in [0.4, 0.5) is 10.1 Å². The molecule has 2 heterocycles. The molecular weight excluding hydrogens is 345 g/mol. The molecule has 1 aliphatic heterocycles. The summed E-state index contributed by atoms with van der Waals surface area (Å²) in [5, 5.41) is 6.16. The maximum absolute atomic E-state index is 14.3. The number of hydrogen-bond donors (Lipinski definition) is 2. The number of halogens is 1. The maximum atomic E-state index is 14.3. The number of carbonyl (C=O) groups is 1. The van der Waals surface area contributed by atoms with E-state index < -0.39 is 5.82 Å². The van der Waals surface area contributed by atoms with E-state index in [9.17, 15) is 9.18 Å². The molecule has 1 aliphatic rings. The highest BCUT2D eigenvalue weighted by atomic mass is 19.1. The molecular formula is C21H26FN3O2. The second-order valence-corrected chi connectivity index (χ2v) is 7.09. The number of pyridine rings is 1. The third-order valence-corrected chi connectivity index (χ3v) is 4.96. The third-order valence-electron chi connectivity index (χ3n) is 4.96. The summed E-state index contributed by atoms with van der Waals surface area (Å²) in [5.41, 5.74) is 1.16. The smallest absolute Gasteiger partial charge is 0.224 e. The summed E-state index contributed by atoms with van der Waals surface area (Å²) in [6, 6.07) is 9.95. The molecule has 2 N–H and O–H groups in total. The molecule has 5 nitrogen and oxygen atoms in total. The van der Waals surface area contributed by atoms with Gasteiger partial charge in [-0.05, 0) is 62.0 Å². The minimum Gasteiger partial charge on any atom is -0.484 e. The summed E-state index contributed by atoms with van der Waals surface area (Å²) in [4.78, 5) is 16.4. The van der Waals surface area contributed by atoms with Crippen molar-refractivity contribution in [2.75, 3.05) is 18.4 Å². The first kappa shape index (κ1) is 19.3. The summed E-state index contributed by atoms with van der Waals surface area (Å²) < 4.78 is 19.7. The minimum absolute atomic E-state index is 0.0883. The van der Waals surface area contributed by atoms with E-state index in [1.165, 1.54) is 12.1 Å². The molecule has 0 bridgehead atoms. The predicted octanol–water partition coefficient (Wildman–Crippen LogP) is 3.76. The van der Waals surface area contributed by atoms with Gasteiger partial charge in [-0.15, -0.1) is 0 Å². The number of hydrogen-bond acceptors (Lipinski definition) is 4. The Kier molecular flexibility index (Phi) is 6.76. The molecule has 1 saturated heterocycles. The first-order valence-corrected chi connectivity index (χ1v) is 9.44. The van der Waals surface area contributed by atoms with Crippen molar-refractivity contribution in [2.24, 2.45) is 11.8 Å². The van der Waals surface area contributed by atoms with Crippen LogP contribution < -0.4 is 15.4 Å². The molecule has 27 heavy (non-hydrogen) atoms. The van der Waals surface area contributed by atoms with Crippen LogP contribution >= 0.6 is 0 Å². The number of piperidine rings is 1. The average Bonchev–Trinajstić information content (AvgIpc) is 2.68. The van der Waals surface area contributed by atoms with Crippen LogP contribution in [-0.4, -0.2) is 24.0 Å². The lowest BCUT2D eigenvalue weighted by Crippen LogP contribution is -2.34. The number of ether oxygens (including phenoxy) is 1. The SMILES string of the molecule is CC(CC(=O)Nc1ccc(OCc2ccccn2)c(F)c1)C1CCCNC1. The average molecular weight is 371 g/mol. The van der Waals surface area contributed by atoms with Gasteiger partial charge < -0.3 is 15.4 Å². The zero-order valence-corrected chi connectivity index (χ0v) is 15.6. The monoisotopic (exact) mass is 371 g/mol. The molecule has 1 aromatic heterocycles. The molecule has 2 atom stereocenters. The van der Waals surface area contributed by atoms with Crippen molar-refractivity contribution in [3.8, 4) is 5.75 Å². The van der Waals surface area contributed by atoms with Gasteiger partial charge in [0, 0.05) is 24.4 Å². The molecule has 2 unspecified atom stereocenters. The Morgan fingerprint density at radius 1 is 1.41 bits per heavy atom. The Hall–Kier alpha value is -2.47. The number of amides is 1. The lowest BCUT2D eigenvalue weighted by molar-refractivity contribution is -0.117. The first-order chi connectivity index (χ1) is 13.1. The van der Waals surface area contributed by atoms with Crippen LogP contribution in [0.15, 0.2) is 42.6 Å². The molecule has 0 radical (unpaired) electrons. The summed E-state index contributed by atoms with van der Waals surface area (Å²) in [6.07, 6.45) is 4.41. The van der Waals surface area contributed by atoms with Crippen LogP contribution in [0, 0.1) is 17.7 Å². The van der Waals surface area contributed by atoms with E-state index >= 15 is 0 Å². The first-order valence-electron chi connectivity index (χ1n) is 9.44. The molecule has 0 aliphatic carbocycles. The largest absolute Gasteiger partial charge is 0.484 e. The Balaban J connectivity index is 1.51. The van der Waals surface area contributed by atoms with E-state index in [0.29, 0.717) is 23.9 Å². The summed E-state index contributed by atoms with van der Waals surface area (Å²) in [6.45, 7) is 4.32. The van der Waals surface area contributed by atoms with Gasteiger partial charge in [0.05, 0.1) is 5.69 Å². The highest BCUT2D eigenvalue weighted by Gasteiger charge is 2.22. The van der Waals surface area contributed by atoms with Gasteiger partial charge in [0.15, 0.2) is 11.6 Å². The number of carbonyl (C=O) groups excluding carboxylic acids is 1. The number of rotatable bonds is 7. The van der Waals surface area contributed by atoms with E-state index in [0.717, 1.165) is 31.6 Å². The molecule has 0 spiro atoms. The van der Waals surface area contributed by atoms with Gasteiger partial charge in [0.2, 0.25) is 5.91 Å². The number of nitrogens with zero attached hydrogens (tertiary/aromatic N) is 1. The van der Waals surface area contributed by atoms with Crippen molar-refractivity contribution in [3.63, 3.8) is 0 Å². The zero-order valence-electron chi connectivity index (χ0n) is 15.6. The Morgan fingerprint density at radius 3 is 3.00 bits per heavy atom. The Morgan fingerprint density at radius 2 is 2.30 bits per heavy atom. The third kappa shape index (κ3) is 5.76.